The Morgan fingerprint density at radius 2 is 2.16 bits per heavy atom. The van der Waals surface area contributed by atoms with E-state index in [-0.39, 0.29) is 18.1 Å². The Balaban J connectivity index is 2.32. The molecule has 0 aromatic heterocycles. The lowest BCUT2D eigenvalue weighted by molar-refractivity contribution is 0.0491. The Morgan fingerprint density at radius 3 is 2.63 bits per heavy atom. The number of amides is 1. The van der Waals surface area contributed by atoms with Gasteiger partial charge in [0.2, 0.25) is 0 Å². The van der Waals surface area contributed by atoms with E-state index in [4.69, 9.17) is 20.9 Å². The van der Waals surface area contributed by atoms with Crippen molar-refractivity contribution in [2.24, 2.45) is 16.5 Å². The average molecular weight is 272 g/mol. The minimum Gasteiger partial charge on any atom is -0.444 e. The van der Waals surface area contributed by atoms with Gasteiger partial charge in [0.05, 0.1) is 12.6 Å². The molecule has 19 heavy (non-hydrogen) atoms. The van der Waals surface area contributed by atoms with Gasteiger partial charge in [-0.15, -0.1) is 0 Å². The summed E-state index contributed by atoms with van der Waals surface area (Å²) < 4.78 is 10.4. The van der Waals surface area contributed by atoms with Gasteiger partial charge in [0.25, 0.3) is 0 Å². The predicted molar refractivity (Wildman–Crippen MR) is 72.8 cm³/mol. The number of epoxide rings is 1. The zero-order valence-corrected chi connectivity index (χ0v) is 11.8. The number of carbonyl (C=O) groups is 1. The lowest BCUT2D eigenvalue weighted by Crippen LogP contribution is -2.42. The van der Waals surface area contributed by atoms with E-state index in [9.17, 15) is 4.79 Å². The summed E-state index contributed by atoms with van der Waals surface area (Å²) in [6.07, 6.45) is 1.18. The van der Waals surface area contributed by atoms with Gasteiger partial charge in [0.1, 0.15) is 11.7 Å². The van der Waals surface area contributed by atoms with Crippen molar-refractivity contribution in [2.75, 3.05) is 13.2 Å². The molecule has 1 rings (SSSR count). The van der Waals surface area contributed by atoms with E-state index < -0.39 is 11.7 Å². The molecule has 0 aliphatic carbocycles. The van der Waals surface area contributed by atoms with E-state index in [0.717, 1.165) is 12.8 Å². The van der Waals surface area contributed by atoms with E-state index in [2.05, 4.69) is 10.3 Å². The summed E-state index contributed by atoms with van der Waals surface area (Å²) in [7, 11) is 0. The maximum Gasteiger partial charge on any atom is 0.407 e. The molecule has 0 unspecified atom stereocenters. The molecular formula is C12H24N4O3. The third-order valence-electron chi connectivity index (χ3n) is 2.48. The minimum absolute atomic E-state index is 0.0518. The fraction of sp³-hybridized carbons (Fsp3) is 0.833. The highest BCUT2D eigenvalue weighted by Crippen LogP contribution is 2.18. The number of guanidine groups is 1. The van der Waals surface area contributed by atoms with Crippen molar-refractivity contribution in [1.29, 1.82) is 0 Å². The average Bonchev–Trinajstić information content (AvgIpc) is 3.02. The van der Waals surface area contributed by atoms with Crippen molar-refractivity contribution in [2.45, 2.75) is 51.4 Å². The second-order valence-electron chi connectivity index (χ2n) is 5.57. The molecule has 1 heterocycles. The zero-order valence-electron chi connectivity index (χ0n) is 11.8. The van der Waals surface area contributed by atoms with Gasteiger partial charge in [-0.2, -0.15) is 0 Å². The van der Waals surface area contributed by atoms with Crippen molar-refractivity contribution in [3.8, 4) is 0 Å². The first-order chi connectivity index (χ1) is 8.78. The number of ether oxygens (including phenoxy) is 2. The highest BCUT2D eigenvalue weighted by atomic mass is 16.6. The molecule has 7 heteroatoms. The van der Waals surface area contributed by atoms with Crippen molar-refractivity contribution in [3.05, 3.63) is 0 Å². The molecule has 0 radical (unpaired) electrons. The summed E-state index contributed by atoms with van der Waals surface area (Å²) in [5.74, 6) is 0.0827. The van der Waals surface area contributed by atoms with Crippen LogP contribution < -0.4 is 16.8 Å². The molecule has 1 saturated heterocycles. The van der Waals surface area contributed by atoms with E-state index in [1.54, 1.807) is 0 Å². The molecule has 1 amide bonds. The Bertz CT molecular complexity index is 330. The monoisotopic (exact) mass is 272 g/mol. The Morgan fingerprint density at radius 1 is 1.53 bits per heavy atom. The van der Waals surface area contributed by atoms with Crippen LogP contribution in [0.4, 0.5) is 4.79 Å². The smallest absolute Gasteiger partial charge is 0.407 e. The van der Waals surface area contributed by atoms with Gasteiger partial charge in [-0.25, -0.2) is 4.79 Å². The molecule has 0 bridgehead atoms. The SMILES string of the molecule is CC(C)(C)OC(=O)N[C@@H](CCCN=C(N)N)[C@H]1CO1. The second-order valence-corrected chi connectivity index (χ2v) is 5.57. The van der Waals surface area contributed by atoms with E-state index in [1.165, 1.54) is 0 Å². The van der Waals surface area contributed by atoms with Crippen LogP contribution in [0.5, 0.6) is 0 Å². The van der Waals surface area contributed by atoms with Crippen LogP contribution >= 0.6 is 0 Å². The summed E-state index contributed by atoms with van der Waals surface area (Å²) in [4.78, 5) is 15.6. The van der Waals surface area contributed by atoms with Crippen LogP contribution in [0.1, 0.15) is 33.6 Å². The Labute approximate surface area is 113 Å². The van der Waals surface area contributed by atoms with Gasteiger partial charge in [-0.3, -0.25) is 4.99 Å². The number of hydrogen-bond acceptors (Lipinski definition) is 4. The van der Waals surface area contributed by atoms with Gasteiger partial charge >= 0.3 is 6.09 Å². The lowest BCUT2D eigenvalue weighted by atomic mass is 10.1. The number of rotatable bonds is 6. The second kappa shape index (κ2) is 6.60. The summed E-state index contributed by atoms with van der Waals surface area (Å²) in [6, 6.07) is -0.0518. The molecule has 1 aliphatic rings. The molecule has 0 spiro atoms. The zero-order chi connectivity index (χ0) is 14.5. The molecule has 1 fully saturated rings. The van der Waals surface area contributed by atoms with Crippen LogP contribution in [0.2, 0.25) is 0 Å². The van der Waals surface area contributed by atoms with Gasteiger partial charge in [0, 0.05) is 6.54 Å². The molecule has 5 N–H and O–H groups in total. The number of alkyl carbamates (subject to hydrolysis) is 1. The predicted octanol–water partition coefficient (Wildman–Crippen LogP) is 0.332. The summed E-state index contributed by atoms with van der Waals surface area (Å²) >= 11 is 0. The molecule has 7 nitrogen and oxygen atoms in total. The maximum absolute atomic E-state index is 11.7. The fourth-order valence-corrected chi connectivity index (χ4v) is 1.62. The summed E-state index contributed by atoms with van der Waals surface area (Å²) in [6.45, 7) is 6.69. The number of nitrogens with one attached hydrogen (secondary N) is 1. The number of carbonyl (C=O) groups excluding carboxylic acids is 1. The highest BCUT2D eigenvalue weighted by molar-refractivity contribution is 5.75. The highest BCUT2D eigenvalue weighted by Gasteiger charge is 2.34. The minimum atomic E-state index is -0.503. The van der Waals surface area contributed by atoms with Crippen molar-refractivity contribution < 1.29 is 14.3 Å². The normalized spacial score (nSPS) is 19.4. The third kappa shape index (κ3) is 7.50. The quantitative estimate of drug-likeness (QED) is 0.279. The van der Waals surface area contributed by atoms with Gasteiger partial charge in [-0.05, 0) is 33.6 Å². The van der Waals surface area contributed by atoms with E-state index >= 15 is 0 Å². The van der Waals surface area contributed by atoms with Crippen molar-refractivity contribution >= 4 is 12.1 Å². The first-order valence-electron chi connectivity index (χ1n) is 6.44. The third-order valence-corrected chi connectivity index (χ3v) is 2.48. The maximum atomic E-state index is 11.7. The first-order valence-corrected chi connectivity index (χ1v) is 6.44. The van der Waals surface area contributed by atoms with Crippen LogP contribution in [-0.4, -0.2) is 43.0 Å². The standard InChI is InChI=1S/C12H24N4O3/c1-12(2,3)19-11(17)16-8(9-7-18-9)5-4-6-15-10(13)14/h8-9H,4-7H2,1-3H3,(H,16,17)(H4,13,14,15)/t8-,9+/m0/s1. The van der Waals surface area contributed by atoms with Crippen LogP contribution in [0.25, 0.3) is 0 Å². The largest absolute Gasteiger partial charge is 0.444 e. The lowest BCUT2D eigenvalue weighted by Gasteiger charge is -2.22. The molecule has 2 atom stereocenters. The van der Waals surface area contributed by atoms with Crippen molar-refractivity contribution in [1.82, 2.24) is 5.32 Å². The molecule has 0 aromatic carbocycles. The molecule has 0 aromatic rings. The van der Waals surface area contributed by atoms with E-state index in [0.29, 0.717) is 13.2 Å². The van der Waals surface area contributed by atoms with Crippen LogP contribution in [0.15, 0.2) is 4.99 Å². The van der Waals surface area contributed by atoms with Crippen LogP contribution in [0, 0.1) is 0 Å². The summed E-state index contributed by atoms with van der Waals surface area (Å²) in [5, 5.41) is 2.83. The number of hydrogen-bond donors (Lipinski definition) is 3. The molecule has 1 aliphatic heterocycles. The number of nitrogens with zero attached hydrogens (tertiary/aromatic N) is 1. The van der Waals surface area contributed by atoms with Crippen LogP contribution in [-0.2, 0) is 9.47 Å². The van der Waals surface area contributed by atoms with Gasteiger partial charge in [0.15, 0.2) is 5.96 Å². The van der Waals surface area contributed by atoms with Gasteiger partial charge in [-0.1, -0.05) is 0 Å². The summed E-state index contributed by atoms with van der Waals surface area (Å²) in [5.41, 5.74) is 9.99. The number of nitrogens with two attached hydrogens (primary N) is 2. The molecule has 0 saturated carbocycles. The first kappa shape index (κ1) is 15.6. The topological polar surface area (TPSA) is 115 Å². The fourth-order valence-electron chi connectivity index (χ4n) is 1.62. The Kier molecular flexibility index (Phi) is 5.41. The Hall–Kier alpha value is -1.50. The molecule has 110 valence electrons. The van der Waals surface area contributed by atoms with E-state index in [1.807, 2.05) is 20.8 Å². The van der Waals surface area contributed by atoms with Crippen LogP contribution in [0.3, 0.4) is 0 Å². The van der Waals surface area contributed by atoms with Crippen molar-refractivity contribution in [3.63, 3.8) is 0 Å². The van der Waals surface area contributed by atoms with Gasteiger partial charge < -0.3 is 26.3 Å². The molecular weight excluding hydrogens is 248 g/mol. The number of aliphatic imine (C=N–C) groups is 1.